The van der Waals surface area contributed by atoms with Crippen molar-refractivity contribution >= 4 is 22.9 Å². The van der Waals surface area contributed by atoms with Crippen molar-refractivity contribution < 1.29 is 4.74 Å². The minimum Gasteiger partial charge on any atom is -0.488 e. The Morgan fingerprint density at radius 1 is 1.29 bits per heavy atom. The molecule has 0 aliphatic carbocycles. The fourth-order valence-electron chi connectivity index (χ4n) is 1.59. The Bertz CT molecular complexity index is 510. The van der Waals surface area contributed by atoms with Crippen LogP contribution >= 0.6 is 22.9 Å². The van der Waals surface area contributed by atoms with Gasteiger partial charge in [-0.25, -0.2) is 0 Å². The van der Waals surface area contributed by atoms with Gasteiger partial charge in [0, 0.05) is 17.0 Å². The van der Waals surface area contributed by atoms with E-state index in [0.29, 0.717) is 13.2 Å². The van der Waals surface area contributed by atoms with Gasteiger partial charge in [-0.15, -0.1) is 11.3 Å². The van der Waals surface area contributed by atoms with E-state index in [1.165, 1.54) is 16.9 Å². The van der Waals surface area contributed by atoms with Gasteiger partial charge in [0.1, 0.15) is 12.4 Å². The molecule has 0 atom stereocenters. The molecule has 17 heavy (non-hydrogen) atoms. The first-order valence-corrected chi connectivity index (χ1v) is 6.55. The second-order valence-corrected chi connectivity index (χ2v) is 5.61. The summed E-state index contributed by atoms with van der Waals surface area (Å²) in [5.41, 5.74) is 7.92. The molecule has 0 amide bonds. The third kappa shape index (κ3) is 3.22. The van der Waals surface area contributed by atoms with Gasteiger partial charge in [-0.05, 0) is 25.1 Å². The number of rotatable bonds is 4. The third-order valence-electron chi connectivity index (χ3n) is 2.43. The standard InChI is InChI=1S/C13H14ClNOS/c1-9-2-4-12(10(6-9)7-15)16-8-11-3-5-13(14)17-11/h2-6H,7-8,15H2,1H3. The molecule has 0 fully saturated rings. The molecule has 90 valence electrons. The number of benzene rings is 1. The first kappa shape index (κ1) is 12.4. The summed E-state index contributed by atoms with van der Waals surface area (Å²) >= 11 is 7.40. The van der Waals surface area contributed by atoms with E-state index in [-0.39, 0.29) is 0 Å². The molecule has 1 aromatic heterocycles. The molecule has 0 aliphatic rings. The highest BCUT2D eigenvalue weighted by Crippen LogP contribution is 2.25. The van der Waals surface area contributed by atoms with E-state index in [1.807, 2.05) is 31.2 Å². The van der Waals surface area contributed by atoms with Gasteiger partial charge in [0.15, 0.2) is 0 Å². The van der Waals surface area contributed by atoms with E-state index in [4.69, 9.17) is 22.1 Å². The van der Waals surface area contributed by atoms with Gasteiger partial charge in [0.05, 0.1) is 4.34 Å². The number of nitrogens with two attached hydrogens (primary N) is 1. The summed E-state index contributed by atoms with van der Waals surface area (Å²) in [6, 6.07) is 9.90. The minimum atomic E-state index is 0.488. The zero-order valence-corrected chi connectivity index (χ0v) is 11.1. The molecule has 0 unspecified atom stereocenters. The Hall–Kier alpha value is -1.03. The second kappa shape index (κ2) is 5.54. The monoisotopic (exact) mass is 267 g/mol. The molecule has 0 radical (unpaired) electrons. The predicted molar refractivity (Wildman–Crippen MR) is 72.7 cm³/mol. The summed E-state index contributed by atoms with van der Waals surface area (Å²) in [4.78, 5) is 1.11. The first-order chi connectivity index (χ1) is 8.19. The van der Waals surface area contributed by atoms with Gasteiger partial charge < -0.3 is 10.5 Å². The number of hydrogen-bond donors (Lipinski definition) is 1. The van der Waals surface area contributed by atoms with Crippen LogP contribution in [0.5, 0.6) is 5.75 Å². The lowest BCUT2D eigenvalue weighted by molar-refractivity contribution is 0.306. The van der Waals surface area contributed by atoms with Gasteiger partial charge in [0.25, 0.3) is 0 Å². The number of aryl methyl sites for hydroxylation is 1. The molecule has 2 aromatic rings. The summed E-state index contributed by atoms with van der Waals surface area (Å²) in [5, 5.41) is 0. The average Bonchev–Trinajstić information content (AvgIpc) is 2.73. The van der Waals surface area contributed by atoms with Crippen LogP contribution in [0.4, 0.5) is 0 Å². The van der Waals surface area contributed by atoms with Crippen LogP contribution in [0.25, 0.3) is 0 Å². The van der Waals surface area contributed by atoms with Crippen LogP contribution in [0.2, 0.25) is 4.34 Å². The summed E-state index contributed by atoms with van der Waals surface area (Å²) in [6.45, 7) is 3.07. The Balaban J connectivity index is 2.08. The lowest BCUT2D eigenvalue weighted by atomic mass is 10.1. The molecule has 0 saturated carbocycles. The molecule has 0 aliphatic heterocycles. The molecule has 0 saturated heterocycles. The van der Waals surface area contributed by atoms with Crippen molar-refractivity contribution in [2.24, 2.45) is 5.73 Å². The summed E-state index contributed by atoms with van der Waals surface area (Å²) in [7, 11) is 0. The topological polar surface area (TPSA) is 35.2 Å². The van der Waals surface area contributed by atoms with Gasteiger partial charge in [-0.2, -0.15) is 0 Å². The molecule has 0 spiro atoms. The Kier molecular flexibility index (Phi) is 4.05. The van der Waals surface area contributed by atoms with Crippen molar-refractivity contribution in [3.05, 3.63) is 50.7 Å². The minimum absolute atomic E-state index is 0.488. The normalized spacial score (nSPS) is 10.5. The number of halogens is 1. The van der Waals surface area contributed by atoms with Crippen LogP contribution in [0, 0.1) is 6.92 Å². The van der Waals surface area contributed by atoms with Crippen LogP contribution in [-0.2, 0) is 13.2 Å². The molecule has 2 nitrogen and oxygen atoms in total. The summed E-state index contributed by atoms with van der Waals surface area (Å²) in [6.07, 6.45) is 0. The number of thiophene rings is 1. The van der Waals surface area contributed by atoms with Crippen molar-refractivity contribution in [2.45, 2.75) is 20.1 Å². The molecule has 2 N–H and O–H groups in total. The molecule has 0 bridgehead atoms. The molecule has 1 aromatic carbocycles. The zero-order chi connectivity index (χ0) is 12.3. The van der Waals surface area contributed by atoms with Crippen molar-refractivity contribution in [2.75, 3.05) is 0 Å². The maximum Gasteiger partial charge on any atom is 0.124 e. The lowest BCUT2D eigenvalue weighted by Gasteiger charge is -2.10. The van der Waals surface area contributed by atoms with Crippen molar-refractivity contribution in [3.63, 3.8) is 0 Å². The maximum absolute atomic E-state index is 5.86. The van der Waals surface area contributed by atoms with E-state index in [1.54, 1.807) is 0 Å². The molecule has 4 heteroatoms. The Morgan fingerprint density at radius 3 is 2.76 bits per heavy atom. The fraction of sp³-hybridized carbons (Fsp3) is 0.231. The lowest BCUT2D eigenvalue weighted by Crippen LogP contribution is -2.02. The van der Waals surface area contributed by atoms with Crippen LogP contribution < -0.4 is 10.5 Å². The van der Waals surface area contributed by atoms with Gasteiger partial charge in [0.2, 0.25) is 0 Å². The van der Waals surface area contributed by atoms with Crippen molar-refractivity contribution in [3.8, 4) is 5.75 Å². The highest BCUT2D eigenvalue weighted by molar-refractivity contribution is 7.16. The maximum atomic E-state index is 5.86. The van der Waals surface area contributed by atoms with E-state index < -0.39 is 0 Å². The molecular formula is C13H14ClNOS. The van der Waals surface area contributed by atoms with Crippen LogP contribution in [-0.4, -0.2) is 0 Å². The average molecular weight is 268 g/mol. The highest BCUT2D eigenvalue weighted by atomic mass is 35.5. The SMILES string of the molecule is Cc1ccc(OCc2ccc(Cl)s2)c(CN)c1. The first-order valence-electron chi connectivity index (χ1n) is 5.35. The van der Waals surface area contributed by atoms with E-state index >= 15 is 0 Å². The predicted octanol–water partition coefficient (Wildman–Crippen LogP) is 3.75. The number of hydrogen-bond acceptors (Lipinski definition) is 3. The molecular weight excluding hydrogens is 254 g/mol. The largest absolute Gasteiger partial charge is 0.488 e. The highest BCUT2D eigenvalue weighted by Gasteiger charge is 2.04. The van der Waals surface area contributed by atoms with Crippen LogP contribution in [0.15, 0.2) is 30.3 Å². The summed E-state index contributed by atoms with van der Waals surface area (Å²) in [5.74, 6) is 0.850. The van der Waals surface area contributed by atoms with E-state index in [0.717, 1.165) is 20.5 Å². The third-order valence-corrected chi connectivity index (χ3v) is 3.64. The second-order valence-electron chi connectivity index (χ2n) is 3.81. The van der Waals surface area contributed by atoms with Crippen LogP contribution in [0.3, 0.4) is 0 Å². The van der Waals surface area contributed by atoms with Crippen molar-refractivity contribution in [1.29, 1.82) is 0 Å². The quantitative estimate of drug-likeness (QED) is 0.916. The Morgan fingerprint density at radius 2 is 2.12 bits per heavy atom. The van der Waals surface area contributed by atoms with Gasteiger partial charge >= 0.3 is 0 Å². The zero-order valence-electron chi connectivity index (χ0n) is 9.57. The smallest absolute Gasteiger partial charge is 0.124 e. The summed E-state index contributed by atoms with van der Waals surface area (Å²) < 4.78 is 6.54. The fourth-order valence-corrected chi connectivity index (χ4v) is 2.59. The van der Waals surface area contributed by atoms with E-state index in [9.17, 15) is 0 Å². The van der Waals surface area contributed by atoms with Gasteiger partial charge in [-0.3, -0.25) is 0 Å². The van der Waals surface area contributed by atoms with Crippen LogP contribution in [0.1, 0.15) is 16.0 Å². The number of ether oxygens (including phenoxy) is 1. The Labute approximate surface area is 110 Å². The van der Waals surface area contributed by atoms with Gasteiger partial charge in [-0.1, -0.05) is 29.3 Å². The van der Waals surface area contributed by atoms with Crippen molar-refractivity contribution in [1.82, 2.24) is 0 Å². The molecule has 1 heterocycles. The molecule has 2 rings (SSSR count). The van der Waals surface area contributed by atoms with E-state index in [2.05, 4.69) is 6.07 Å².